The Kier molecular flexibility index (Phi) is 4.55. The third-order valence-corrected chi connectivity index (χ3v) is 5.26. The van der Waals surface area contributed by atoms with Crippen LogP contribution in [0.3, 0.4) is 0 Å². The minimum atomic E-state index is -4.73. The number of halogens is 3. The van der Waals surface area contributed by atoms with Gasteiger partial charge in [0.1, 0.15) is 5.54 Å². The van der Waals surface area contributed by atoms with Crippen molar-refractivity contribution in [3.63, 3.8) is 0 Å². The number of nitrogens with two attached hydrogens (primary N) is 1. The molecule has 5 nitrogen and oxygen atoms in total. The zero-order valence-corrected chi connectivity index (χ0v) is 15.7. The number of hydrogen-bond acceptors (Lipinski definition) is 4. The minimum Gasteiger partial charge on any atom is -0.399 e. The third kappa shape index (κ3) is 2.86. The van der Waals surface area contributed by atoms with Crippen LogP contribution >= 0.6 is 12.2 Å². The van der Waals surface area contributed by atoms with E-state index in [1.807, 2.05) is 0 Å². The highest BCUT2D eigenvalue weighted by molar-refractivity contribution is 7.80. The molecule has 1 aliphatic heterocycles. The summed E-state index contributed by atoms with van der Waals surface area (Å²) in [4.78, 5) is 15.6. The van der Waals surface area contributed by atoms with Crippen LogP contribution in [0.1, 0.15) is 23.6 Å². The SMILES string of the molecule is CN1C(=O)C(C)(c2ccc(N)cc2)N(c2ccc(C#N)c(C(F)(F)F)c2)C1=S. The number of hydrogen-bond donors (Lipinski definition) is 1. The van der Waals surface area contributed by atoms with Crippen LogP contribution in [0.5, 0.6) is 0 Å². The lowest BCUT2D eigenvalue weighted by Gasteiger charge is -2.34. The Morgan fingerprint density at radius 3 is 2.32 bits per heavy atom. The van der Waals surface area contributed by atoms with Crippen molar-refractivity contribution in [3.8, 4) is 6.07 Å². The summed E-state index contributed by atoms with van der Waals surface area (Å²) in [5.74, 6) is -0.389. The van der Waals surface area contributed by atoms with Gasteiger partial charge in [-0.3, -0.25) is 14.6 Å². The average Bonchev–Trinajstić information content (AvgIpc) is 2.82. The molecule has 2 aromatic rings. The Morgan fingerprint density at radius 2 is 1.79 bits per heavy atom. The molecule has 1 aliphatic rings. The predicted octanol–water partition coefficient (Wildman–Crippen LogP) is 3.64. The Balaban J connectivity index is 2.24. The maximum absolute atomic E-state index is 13.4. The lowest BCUT2D eigenvalue weighted by atomic mass is 9.89. The van der Waals surface area contributed by atoms with Crippen molar-refractivity contribution in [2.24, 2.45) is 0 Å². The van der Waals surface area contributed by atoms with E-state index in [-0.39, 0.29) is 16.7 Å². The lowest BCUT2D eigenvalue weighted by Crippen LogP contribution is -2.44. The average molecular weight is 404 g/mol. The second-order valence-electron chi connectivity index (χ2n) is 6.52. The fourth-order valence-corrected chi connectivity index (χ4v) is 3.65. The van der Waals surface area contributed by atoms with Crippen LogP contribution in [-0.2, 0) is 16.5 Å². The molecule has 1 atom stereocenters. The highest BCUT2D eigenvalue weighted by Crippen LogP contribution is 2.42. The number of carbonyl (C=O) groups excluding carboxylic acids is 1. The lowest BCUT2D eigenvalue weighted by molar-refractivity contribution is -0.137. The summed E-state index contributed by atoms with van der Waals surface area (Å²) in [6, 6.07) is 11.3. The van der Waals surface area contributed by atoms with Crippen molar-refractivity contribution in [1.29, 1.82) is 5.26 Å². The van der Waals surface area contributed by atoms with E-state index in [1.165, 1.54) is 22.9 Å². The molecular weight excluding hydrogens is 389 g/mol. The summed E-state index contributed by atoms with van der Waals surface area (Å²) in [5, 5.41) is 9.07. The van der Waals surface area contributed by atoms with E-state index >= 15 is 0 Å². The first-order valence-corrected chi connectivity index (χ1v) is 8.52. The van der Waals surface area contributed by atoms with Gasteiger partial charge in [-0.25, -0.2) is 0 Å². The van der Waals surface area contributed by atoms with Gasteiger partial charge in [-0.2, -0.15) is 18.4 Å². The maximum Gasteiger partial charge on any atom is 0.417 e. The van der Waals surface area contributed by atoms with Crippen molar-refractivity contribution in [2.45, 2.75) is 18.6 Å². The van der Waals surface area contributed by atoms with E-state index in [2.05, 4.69) is 0 Å². The van der Waals surface area contributed by atoms with Crippen molar-refractivity contribution in [3.05, 3.63) is 59.2 Å². The molecule has 28 heavy (non-hydrogen) atoms. The van der Waals surface area contributed by atoms with E-state index in [1.54, 1.807) is 37.3 Å². The fraction of sp³-hybridized carbons (Fsp3) is 0.211. The van der Waals surface area contributed by atoms with Crippen molar-refractivity contribution in [2.75, 3.05) is 17.7 Å². The largest absolute Gasteiger partial charge is 0.417 e. The van der Waals surface area contributed by atoms with Gasteiger partial charge in [-0.15, -0.1) is 0 Å². The summed E-state index contributed by atoms with van der Waals surface area (Å²) in [7, 11) is 1.47. The molecule has 1 saturated heterocycles. The van der Waals surface area contributed by atoms with Gasteiger partial charge in [-0.1, -0.05) is 12.1 Å². The molecule has 0 radical (unpaired) electrons. The van der Waals surface area contributed by atoms with Gasteiger partial charge in [0.05, 0.1) is 17.2 Å². The summed E-state index contributed by atoms with van der Waals surface area (Å²) >= 11 is 5.35. The van der Waals surface area contributed by atoms with Crippen molar-refractivity contribution in [1.82, 2.24) is 4.90 Å². The number of likely N-dealkylation sites (N-methyl/N-ethyl adjacent to an activating group) is 1. The quantitative estimate of drug-likeness (QED) is 0.611. The van der Waals surface area contributed by atoms with Crippen LogP contribution in [0.2, 0.25) is 0 Å². The molecule has 0 spiro atoms. The van der Waals surface area contributed by atoms with Gasteiger partial charge in [0, 0.05) is 18.4 Å². The smallest absolute Gasteiger partial charge is 0.399 e. The number of nitrogen functional groups attached to an aromatic ring is 1. The summed E-state index contributed by atoms with van der Waals surface area (Å²) in [6.07, 6.45) is -4.73. The predicted molar refractivity (Wildman–Crippen MR) is 102 cm³/mol. The number of rotatable bonds is 2. The molecule has 9 heteroatoms. The van der Waals surface area contributed by atoms with Crippen LogP contribution < -0.4 is 10.6 Å². The van der Waals surface area contributed by atoms with Crippen LogP contribution in [0.4, 0.5) is 24.5 Å². The first-order chi connectivity index (χ1) is 13.0. The van der Waals surface area contributed by atoms with Crippen LogP contribution in [-0.4, -0.2) is 23.0 Å². The summed E-state index contributed by atoms with van der Waals surface area (Å²) in [6.45, 7) is 1.59. The number of anilines is 2. The maximum atomic E-state index is 13.4. The van der Waals surface area contributed by atoms with Gasteiger partial charge < -0.3 is 5.73 Å². The van der Waals surface area contributed by atoms with Gasteiger partial charge in [0.15, 0.2) is 5.11 Å². The van der Waals surface area contributed by atoms with E-state index in [0.29, 0.717) is 11.3 Å². The molecule has 1 amide bonds. The Morgan fingerprint density at radius 1 is 1.18 bits per heavy atom. The van der Waals surface area contributed by atoms with E-state index in [4.69, 9.17) is 23.2 Å². The Hall–Kier alpha value is -3.12. The number of amides is 1. The zero-order valence-electron chi connectivity index (χ0n) is 14.9. The zero-order chi connectivity index (χ0) is 20.9. The molecule has 144 valence electrons. The molecule has 0 bridgehead atoms. The molecule has 0 aromatic heterocycles. The van der Waals surface area contributed by atoms with Crippen LogP contribution in [0, 0.1) is 11.3 Å². The topological polar surface area (TPSA) is 73.4 Å². The number of nitriles is 1. The standard InChI is InChI=1S/C19H15F3N4OS/c1-18(12-4-6-13(24)7-5-12)16(27)25(2)17(28)26(18)14-8-3-11(10-23)15(9-14)19(20,21)22/h3-9H,24H2,1-2H3. The molecule has 1 heterocycles. The monoisotopic (exact) mass is 404 g/mol. The number of alkyl halides is 3. The number of thiocarbonyl (C=S) groups is 1. The van der Waals surface area contributed by atoms with E-state index in [0.717, 1.165) is 12.1 Å². The molecule has 0 saturated carbocycles. The van der Waals surface area contributed by atoms with Crippen molar-refractivity contribution >= 4 is 34.6 Å². The second kappa shape index (κ2) is 6.49. The molecule has 1 fully saturated rings. The van der Waals surface area contributed by atoms with Gasteiger partial charge in [0.25, 0.3) is 5.91 Å². The second-order valence-corrected chi connectivity index (χ2v) is 6.88. The molecule has 1 unspecified atom stereocenters. The molecule has 2 N–H and O–H groups in total. The van der Waals surface area contributed by atoms with Gasteiger partial charge in [-0.05, 0) is 55.0 Å². The van der Waals surface area contributed by atoms with Gasteiger partial charge in [0.2, 0.25) is 0 Å². The molecular formula is C19H15F3N4OS. The molecule has 2 aromatic carbocycles. The number of carbonyl (C=O) groups is 1. The summed E-state index contributed by atoms with van der Waals surface area (Å²) < 4.78 is 40.3. The number of nitrogens with zero attached hydrogens (tertiary/aromatic N) is 3. The molecule has 0 aliphatic carbocycles. The van der Waals surface area contributed by atoms with Crippen molar-refractivity contribution < 1.29 is 18.0 Å². The first kappa shape index (κ1) is 19.6. The van der Waals surface area contributed by atoms with Crippen LogP contribution in [0.25, 0.3) is 0 Å². The number of benzene rings is 2. The Labute approximate surface area is 164 Å². The minimum absolute atomic E-state index is 0.0576. The highest BCUT2D eigenvalue weighted by Gasteiger charge is 2.53. The third-order valence-electron chi connectivity index (χ3n) is 4.81. The fourth-order valence-electron chi connectivity index (χ4n) is 3.28. The van der Waals surface area contributed by atoms with Gasteiger partial charge >= 0.3 is 6.18 Å². The molecule has 3 rings (SSSR count). The van der Waals surface area contributed by atoms with E-state index < -0.39 is 22.8 Å². The first-order valence-electron chi connectivity index (χ1n) is 8.11. The Bertz CT molecular complexity index is 1010. The van der Waals surface area contributed by atoms with E-state index in [9.17, 15) is 18.0 Å². The normalized spacial score (nSPS) is 19.9. The van der Waals surface area contributed by atoms with Crippen LogP contribution in [0.15, 0.2) is 42.5 Å². The highest BCUT2D eigenvalue weighted by atomic mass is 32.1. The summed E-state index contributed by atoms with van der Waals surface area (Å²) in [5.41, 5.74) is 3.83.